The van der Waals surface area contributed by atoms with Crippen molar-refractivity contribution in [2.75, 3.05) is 6.61 Å². The van der Waals surface area contributed by atoms with Gasteiger partial charge in [0.05, 0.1) is 26.1 Å². The van der Waals surface area contributed by atoms with Gasteiger partial charge in [-0.2, -0.15) is 0 Å². The lowest BCUT2D eigenvalue weighted by atomic mass is 10.0. The lowest BCUT2D eigenvalue weighted by Gasteiger charge is -2.39. The molecule has 0 aliphatic heterocycles. The minimum absolute atomic E-state index is 0.127. The molecule has 1 unspecified atom stereocenters. The van der Waals surface area contributed by atoms with Crippen molar-refractivity contribution in [2.45, 2.75) is 51.4 Å². The van der Waals surface area contributed by atoms with Crippen molar-refractivity contribution in [1.82, 2.24) is 0 Å². The summed E-state index contributed by atoms with van der Waals surface area (Å²) in [6.07, 6.45) is 0.395. The SMILES string of the molecule is CCOC(=O)C(CC)(CC(=O)O)[Si](C)(C)C. The van der Waals surface area contributed by atoms with E-state index in [-0.39, 0.29) is 12.4 Å². The Morgan fingerprint density at radius 1 is 1.25 bits per heavy atom. The van der Waals surface area contributed by atoms with Crippen LogP contribution in [0.25, 0.3) is 0 Å². The third-order valence-corrected chi connectivity index (χ3v) is 6.76. The van der Waals surface area contributed by atoms with Crippen LogP contribution in [-0.2, 0) is 14.3 Å². The van der Waals surface area contributed by atoms with Gasteiger partial charge in [0.2, 0.25) is 0 Å². The topological polar surface area (TPSA) is 63.6 Å². The molecule has 0 aliphatic rings. The van der Waals surface area contributed by atoms with E-state index in [1.54, 1.807) is 6.92 Å². The van der Waals surface area contributed by atoms with E-state index in [4.69, 9.17) is 9.84 Å². The standard InChI is InChI=1S/C11H22O4Si/c1-6-11(8-9(12)13,16(3,4)5)10(14)15-7-2/h6-8H2,1-5H3,(H,12,13). The van der Waals surface area contributed by atoms with E-state index < -0.39 is 19.1 Å². The smallest absolute Gasteiger partial charge is 0.309 e. The van der Waals surface area contributed by atoms with Gasteiger partial charge in [0.25, 0.3) is 0 Å². The van der Waals surface area contributed by atoms with E-state index in [1.165, 1.54) is 0 Å². The largest absolute Gasteiger partial charge is 0.481 e. The number of esters is 1. The second-order valence-corrected chi connectivity index (χ2v) is 10.4. The molecule has 0 saturated heterocycles. The van der Waals surface area contributed by atoms with Crippen molar-refractivity contribution in [3.8, 4) is 0 Å². The Labute approximate surface area is 98.0 Å². The Kier molecular flexibility index (Phi) is 5.19. The van der Waals surface area contributed by atoms with Crippen molar-refractivity contribution < 1.29 is 19.4 Å². The lowest BCUT2D eigenvalue weighted by molar-refractivity contribution is -0.152. The number of hydrogen-bond donors (Lipinski definition) is 1. The number of carboxylic acids is 1. The molecule has 0 aromatic heterocycles. The van der Waals surface area contributed by atoms with E-state index in [0.29, 0.717) is 13.0 Å². The quantitative estimate of drug-likeness (QED) is 0.578. The summed E-state index contributed by atoms with van der Waals surface area (Å²) in [5.74, 6) is -1.28. The van der Waals surface area contributed by atoms with Crippen LogP contribution in [0.15, 0.2) is 0 Å². The first kappa shape index (κ1) is 15.2. The molecule has 1 N–H and O–H groups in total. The molecule has 0 amide bonds. The predicted molar refractivity (Wildman–Crippen MR) is 65.2 cm³/mol. The lowest BCUT2D eigenvalue weighted by Crippen LogP contribution is -2.47. The highest BCUT2D eigenvalue weighted by molar-refractivity contribution is 6.82. The van der Waals surface area contributed by atoms with Gasteiger partial charge < -0.3 is 9.84 Å². The first-order valence-corrected chi connectivity index (χ1v) is 9.10. The summed E-state index contributed by atoms with van der Waals surface area (Å²) in [6.45, 7) is 9.93. The molecule has 16 heavy (non-hydrogen) atoms. The summed E-state index contributed by atoms with van der Waals surface area (Å²) in [7, 11) is -1.96. The van der Waals surface area contributed by atoms with Gasteiger partial charge in [0.15, 0.2) is 0 Å². The monoisotopic (exact) mass is 246 g/mol. The van der Waals surface area contributed by atoms with E-state index in [0.717, 1.165) is 0 Å². The van der Waals surface area contributed by atoms with Crippen molar-refractivity contribution in [3.63, 3.8) is 0 Å². The minimum atomic E-state index is -1.96. The summed E-state index contributed by atoms with van der Waals surface area (Å²) < 4.78 is 5.06. The molecule has 94 valence electrons. The molecule has 0 bridgehead atoms. The number of hydrogen-bond acceptors (Lipinski definition) is 3. The Morgan fingerprint density at radius 2 is 1.75 bits per heavy atom. The molecule has 0 heterocycles. The van der Waals surface area contributed by atoms with Crippen LogP contribution in [-0.4, -0.2) is 31.7 Å². The molecular formula is C11H22O4Si. The van der Waals surface area contributed by atoms with E-state index in [2.05, 4.69) is 0 Å². The number of carbonyl (C=O) groups is 2. The molecule has 0 saturated carbocycles. The highest BCUT2D eigenvalue weighted by Crippen LogP contribution is 2.46. The Balaban J connectivity index is 5.28. The predicted octanol–water partition coefficient (Wildman–Crippen LogP) is 2.51. The van der Waals surface area contributed by atoms with Gasteiger partial charge in [-0.25, -0.2) is 0 Å². The summed E-state index contributed by atoms with van der Waals surface area (Å²) >= 11 is 0. The van der Waals surface area contributed by atoms with Gasteiger partial charge >= 0.3 is 11.9 Å². The zero-order valence-electron chi connectivity index (χ0n) is 10.8. The fraction of sp³-hybridized carbons (Fsp3) is 0.818. The number of carboxylic acid groups (broad SMARTS) is 1. The second-order valence-electron chi connectivity index (χ2n) is 4.98. The molecule has 0 aromatic carbocycles. The van der Waals surface area contributed by atoms with Gasteiger partial charge in [0, 0.05) is 0 Å². The normalized spacial score (nSPS) is 15.3. The molecule has 0 aliphatic carbocycles. The van der Waals surface area contributed by atoms with Crippen LogP contribution in [0.2, 0.25) is 24.7 Å². The van der Waals surface area contributed by atoms with Crippen LogP contribution in [0.4, 0.5) is 0 Å². The summed E-state index contributed by atoms with van der Waals surface area (Å²) in [4.78, 5) is 23.0. The molecule has 0 spiro atoms. The van der Waals surface area contributed by atoms with Crippen LogP contribution in [0, 0.1) is 0 Å². The Morgan fingerprint density at radius 3 is 2.00 bits per heavy atom. The van der Waals surface area contributed by atoms with Crippen molar-refractivity contribution >= 4 is 20.0 Å². The second kappa shape index (κ2) is 5.47. The van der Waals surface area contributed by atoms with E-state index in [9.17, 15) is 9.59 Å². The van der Waals surface area contributed by atoms with Crippen LogP contribution >= 0.6 is 0 Å². The fourth-order valence-electron chi connectivity index (χ4n) is 1.97. The number of aliphatic carboxylic acids is 1. The van der Waals surface area contributed by atoms with Crippen molar-refractivity contribution in [3.05, 3.63) is 0 Å². The third-order valence-electron chi connectivity index (χ3n) is 3.16. The first-order chi connectivity index (χ1) is 7.21. The summed E-state index contributed by atoms with van der Waals surface area (Å²) in [5, 5.41) is 8.16. The van der Waals surface area contributed by atoms with Crippen LogP contribution in [0.3, 0.4) is 0 Å². The zero-order valence-corrected chi connectivity index (χ0v) is 11.8. The maximum atomic E-state index is 12.0. The van der Waals surface area contributed by atoms with Crippen LogP contribution in [0.1, 0.15) is 26.7 Å². The maximum absolute atomic E-state index is 12.0. The third kappa shape index (κ3) is 3.07. The Bertz CT molecular complexity index is 270. The molecule has 0 aromatic rings. The summed E-state index contributed by atoms with van der Waals surface area (Å²) in [6, 6.07) is 0. The number of ether oxygens (including phenoxy) is 1. The highest BCUT2D eigenvalue weighted by atomic mass is 28.3. The molecular weight excluding hydrogens is 224 g/mol. The van der Waals surface area contributed by atoms with Gasteiger partial charge in [-0.3, -0.25) is 9.59 Å². The minimum Gasteiger partial charge on any atom is -0.481 e. The van der Waals surface area contributed by atoms with Crippen molar-refractivity contribution in [1.29, 1.82) is 0 Å². The van der Waals surface area contributed by atoms with Gasteiger partial charge in [-0.1, -0.05) is 26.6 Å². The first-order valence-electron chi connectivity index (χ1n) is 5.60. The van der Waals surface area contributed by atoms with Crippen LogP contribution < -0.4 is 0 Å². The maximum Gasteiger partial charge on any atom is 0.309 e. The zero-order chi connectivity index (χ0) is 13.0. The number of carbonyl (C=O) groups excluding carboxylic acids is 1. The highest BCUT2D eigenvalue weighted by Gasteiger charge is 2.50. The number of rotatable bonds is 6. The Hall–Kier alpha value is -0.843. The van der Waals surface area contributed by atoms with Gasteiger partial charge in [-0.15, -0.1) is 0 Å². The molecule has 4 nitrogen and oxygen atoms in total. The van der Waals surface area contributed by atoms with Gasteiger partial charge in [0.1, 0.15) is 0 Å². The average molecular weight is 246 g/mol. The van der Waals surface area contributed by atoms with E-state index >= 15 is 0 Å². The van der Waals surface area contributed by atoms with Crippen molar-refractivity contribution in [2.24, 2.45) is 0 Å². The van der Waals surface area contributed by atoms with E-state index in [1.807, 2.05) is 26.6 Å². The molecule has 0 radical (unpaired) electrons. The average Bonchev–Trinajstić information content (AvgIpc) is 2.12. The van der Waals surface area contributed by atoms with Crippen LogP contribution in [0.5, 0.6) is 0 Å². The molecule has 5 heteroatoms. The summed E-state index contributed by atoms with van der Waals surface area (Å²) in [5.41, 5.74) is 0. The molecule has 1 atom stereocenters. The molecule has 0 fully saturated rings. The fourth-order valence-corrected chi connectivity index (χ4v) is 4.40. The molecule has 0 rings (SSSR count). The van der Waals surface area contributed by atoms with Gasteiger partial charge in [-0.05, 0) is 13.3 Å².